The molecule has 0 aromatic heterocycles. The molecule has 1 aliphatic carbocycles. The highest BCUT2D eigenvalue weighted by atomic mass is 16.5. The molecule has 1 aliphatic rings. The number of rotatable bonds is 4. The Bertz CT molecular complexity index is 642. The maximum atomic E-state index is 12.0. The molecule has 0 heterocycles. The van der Waals surface area contributed by atoms with Crippen molar-refractivity contribution in [1.29, 1.82) is 0 Å². The number of amides is 1. The van der Waals surface area contributed by atoms with Crippen LogP contribution in [0.15, 0.2) is 42.5 Å². The van der Waals surface area contributed by atoms with Crippen LogP contribution in [-0.2, 0) is 4.79 Å². The summed E-state index contributed by atoms with van der Waals surface area (Å²) in [7, 11) is 0. The summed E-state index contributed by atoms with van der Waals surface area (Å²) in [4.78, 5) is 12.0. The maximum absolute atomic E-state index is 12.0. The number of aliphatic hydroxyl groups excluding tert-OH is 1. The molecule has 0 radical (unpaired) electrons. The molecule has 1 saturated carbocycles. The minimum Gasteiger partial charge on any atom is -0.483 e. The zero-order valence-electron chi connectivity index (χ0n) is 12.5. The van der Waals surface area contributed by atoms with Crippen LogP contribution in [0, 0.1) is 0 Å². The van der Waals surface area contributed by atoms with E-state index in [2.05, 4.69) is 5.32 Å². The van der Waals surface area contributed by atoms with Crippen LogP contribution in [0.1, 0.15) is 25.7 Å². The van der Waals surface area contributed by atoms with Gasteiger partial charge >= 0.3 is 0 Å². The first-order valence-corrected chi connectivity index (χ1v) is 7.80. The van der Waals surface area contributed by atoms with Crippen molar-refractivity contribution in [2.24, 2.45) is 0 Å². The topological polar surface area (TPSA) is 58.6 Å². The predicted molar refractivity (Wildman–Crippen MR) is 85.8 cm³/mol. The summed E-state index contributed by atoms with van der Waals surface area (Å²) in [6.45, 7) is 0.0209. The number of carbonyl (C=O) groups is 1. The molecular weight excluding hydrogens is 278 g/mol. The number of benzene rings is 2. The Morgan fingerprint density at radius 3 is 2.64 bits per heavy atom. The van der Waals surface area contributed by atoms with Gasteiger partial charge < -0.3 is 15.2 Å². The summed E-state index contributed by atoms with van der Waals surface area (Å²) in [5.41, 5.74) is 0. The highest BCUT2D eigenvalue weighted by Crippen LogP contribution is 2.25. The van der Waals surface area contributed by atoms with Gasteiger partial charge in [-0.3, -0.25) is 4.79 Å². The molecular formula is C18H21NO3. The van der Waals surface area contributed by atoms with E-state index in [9.17, 15) is 9.90 Å². The third kappa shape index (κ3) is 3.57. The van der Waals surface area contributed by atoms with Crippen LogP contribution < -0.4 is 10.1 Å². The Hall–Kier alpha value is -2.07. The molecule has 1 amide bonds. The largest absolute Gasteiger partial charge is 0.483 e. The van der Waals surface area contributed by atoms with Crippen LogP contribution in [0.3, 0.4) is 0 Å². The van der Waals surface area contributed by atoms with Gasteiger partial charge in [-0.05, 0) is 37.1 Å². The monoisotopic (exact) mass is 299 g/mol. The highest BCUT2D eigenvalue weighted by Gasteiger charge is 2.20. The van der Waals surface area contributed by atoms with E-state index < -0.39 is 0 Å². The van der Waals surface area contributed by atoms with Crippen molar-refractivity contribution in [1.82, 2.24) is 5.32 Å². The van der Waals surface area contributed by atoms with Crippen LogP contribution in [0.5, 0.6) is 5.75 Å². The first kappa shape index (κ1) is 14.9. The summed E-state index contributed by atoms with van der Waals surface area (Å²) >= 11 is 0. The highest BCUT2D eigenvalue weighted by molar-refractivity contribution is 5.88. The zero-order chi connectivity index (χ0) is 15.4. The summed E-state index contributed by atoms with van der Waals surface area (Å²) in [5.74, 6) is 0.627. The van der Waals surface area contributed by atoms with E-state index in [1.165, 1.54) is 0 Å². The molecule has 116 valence electrons. The Morgan fingerprint density at radius 2 is 1.82 bits per heavy atom. The number of hydrogen-bond donors (Lipinski definition) is 2. The van der Waals surface area contributed by atoms with E-state index >= 15 is 0 Å². The molecule has 2 N–H and O–H groups in total. The van der Waals surface area contributed by atoms with Crippen LogP contribution in [0.4, 0.5) is 0 Å². The van der Waals surface area contributed by atoms with Crippen LogP contribution in [0.2, 0.25) is 0 Å². The second kappa shape index (κ2) is 6.79. The summed E-state index contributed by atoms with van der Waals surface area (Å²) < 4.78 is 5.68. The molecule has 1 fully saturated rings. The van der Waals surface area contributed by atoms with Crippen molar-refractivity contribution >= 4 is 16.7 Å². The van der Waals surface area contributed by atoms with Crippen LogP contribution >= 0.6 is 0 Å². The SMILES string of the molecule is O=C(COc1cccc2ccccc12)NC1CCC(O)CC1. The molecule has 2 aromatic rings. The van der Waals surface area contributed by atoms with Gasteiger partial charge in [0.25, 0.3) is 5.91 Å². The molecule has 3 rings (SSSR count). The van der Waals surface area contributed by atoms with Crippen molar-refractivity contribution in [2.75, 3.05) is 6.61 Å². The predicted octanol–water partition coefficient (Wildman–Crippen LogP) is 2.64. The number of aliphatic hydroxyl groups is 1. The van der Waals surface area contributed by atoms with Gasteiger partial charge in [-0.2, -0.15) is 0 Å². The van der Waals surface area contributed by atoms with E-state index in [1.807, 2.05) is 42.5 Å². The number of carbonyl (C=O) groups excluding carboxylic acids is 1. The molecule has 0 saturated heterocycles. The fraction of sp³-hybridized carbons (Fsp3) is 0.389. The van der Waals surface area contributed by atoms with Gasteiger partial charge in [0.2, 0.25) is 0 Å². The Balaban J connectivity index is 1.56. The number of nitrogens with one attached hydrogen (secondary N) is 1. The van der Waals surface area contributed by atoms with E-state index in [0.717, 1.165) is 42.2 Å². The molecule has 0 aliphatic heterocycles. The Kier molecular flexibility index (Phi) is 4.59. The molecule has 0 bridgehead atoms. The average molecular weight is 299 g/mol. The fourth-order valence-electron chi connectivity index (χ4n) is 2.95. The summed E-state index contributed by atoms with van der Waals surface area (Å²) in [5, 5.41) is 14.6. The van der Waals surface area contributed by atoms with Gasteiger partial charge in [0, 0.05) is 11.4 Å². The maximum Gasteiger partial charge on any atom is 0.258 e. The lowest BCUT2D eigenvalue weighted by atomic mass is 9.93. The molecule has 2 aromatic carbocycles. The molecule has 0 spiro atoms. The second-order valence-electron chi connectivity index (χ2n) is 5.84. The first-order chi connectivity index (χ1) is 10.7. The lowest BCUT2D eigenvalue weighted by Crippen LogP contribution is -2.40. The lowest BCUT2D eigenvalue weighted by molar-refractivity contribution is -0.124. The quantitative estimate of drug-likeness (QED) is 0.912. The van der Waals surface area contributed by atoms with Crippen molar-refractivity contribution in [3.8, 4) is 5.75 Å². The van der Waals surface area contributed by atoms with Gasteiger partial charge in [-0.1, -0.05) is 36.4 Å². The Morgan fingerprint density at radius 1 is 1.09 bits per heavy atom. The van der Waals surface area contributed by atoms with Crippen LogP contribution in [0.25, 0.3) is 10.8 Å². The Labute approximate surface area is 130 Å². The zero-order valence-corrected chi connectivity index (χ0v) is 12.5. The van der Waals surface area contributed by atoms with Gasteiger partial charge in [0.05, 0.1) is 6.10 Å². The molecule has 0 atom stereocenters. The number of hydrogen-bond acceptors (Lipinski definition) is 3. The van der Waals surface area contributed by atoms with Crippen molar-refractivity contribution < 1.29 is 14.6 Å². The number of fused-ring (bicyclic) bond motifs is 1. The second-order valence-corrected chi connectivity index (χ2v) is 5.84. The molecule has 22 heavy (non-hydrogen) atoms. The third-order valence-electron chi connectivity index (χ3n) is 4.17. The van der Waals surface area contributed by atoms with Gasteiger partial charge in [0.15, 0.2) is 6.61 Å². The minimum atomic E-state index is -0.208. The van der Waals surface area contributed by atoms with Crippen molar-refractivity contribution in [2.45, 2.75) is 37.8 Å². The standard InChI is InChI=1S/C18H21NO3/c20-15-10-8-14(9-11-15)19-18(21)12-22-17-7-3-5-13-4-1-2-6-16(13)17/h1-7,14-15,20H,8-12H2,(H,19,21). The normalized spacial score (nSPS) is 21.5. The van der Waals surface area contributed by atoms with Gasteiger partial charge in [-0.25, -0.2) is 0 Å². The molecule has 4 heteroatoms. The smallest absolute Gasteiger partial charge is 0.258 e. The van der Waals surface area contributed by atoms with E-state index in [0.29, 0.717) is 0 Å². The third-order valence-corrected chi connectivity index (χ3v) is 4.17. The van der Waals surface area contributed by atoms with E-state index in [-0.39, 0.29) is 24.7 Å². The van der Waals surface area contributed by atoms with Gasteiger partial charge in [0.1, 0.15) is 5.75 Å². The van der Waals surface area contributed by atoms with Crippen molar-refractivity contribution in [3.05, 3.63) is 42.5 Å². The number of ether oxygens (including phenoxy) is 1. The van der Waals surface area contributed by atoms with E-state index in [4.69, 9.17) is 4.74 Å². The minimum absolute atomic E-state index is 0.0209. The van der Waals surface area contributed by atoms with Crippen molar-refractivity contribution in [3.63, 3.8) is 0 Å². The first-order valence-electron chi connectivity index (χ1n) is 7.80. The average Bonchev–Trinajstić information content (AvgIpc) is 2.55. The molecule has 0 unspecified atom stereocenters. The molecule has 4 nitrogen and oxygen atoms in total. The summed E-state index contributed by atoms with van der Waals surface area (Å²) in [6.07, 6.45) is 2.98. The lowest BCUT2D eigenvalue weighted by Gasteiger charge is -2.26. The van der Waals surface area contributed by atoms with Gasteiger partial charge in [-0.15, -0.1) is 0 Å². The van der Waals surface area contributed by atoms with Crippen LogP contribution in [-0.4, -0.2) is 29.8 Å². The van der Waals surface area contributed by atoms with E-state index in [1.54, 1.807) is 0 Å². The summed E-state index contributed by atoms with van der Waals surface area (Å²) in [6, 6.07) is 14.0. The fourth-order valence-corrected chi connectivity index (χ4v) is 2.95.